The van der Waals surface area contributed by atoms with E-state index in [4.69, 9.17) is 16.1 Å². The molecule has 4 nitrogen and oxygen atoms in total. The number of halogens is 2. The molecule has 0 aliphatic carbocycles. The first kappa shape index (κ1) is 9.19. The first-order valence-electron chi connectivity index (χ1n) is 3.24. The number of aromatic hydroxyl groups is 1. The van der Waals surface area contributed by atoms with Gasteiger partial charge in [0.1, 0.15) is 11.8 Å². The van der Waals surface area contributed by atoms with Crippen molar-refractivity contribution in [3.63, 3.8) is 0 Å². The van der Waals surface area contributed by atoms with Crippen molar-refractivity contribution >= 4 is 5.69 Å². The molecule has 68 valence electrons. The number of hydrogen-bond donors (Lipinski definition) is 2. The van der Waals surface area contributed by atoms with Crippen molar-refractivity contribution in [2.24, 2.45) is 0 Å². The zero-order valence-corrected chi connectivity index (χ0v) is 6.33. The van der Waals surface area contributed by atoms with Crippen molar-refractivity contribution in [2.75, 3.05) is 5.73 Å². The summed E-state index contributed by atoms with van der Waals surface area (Å²) in [5, 5.41) is 17.4. The molecule has 0 saturated carbocycles. The molecule has 0 fully saturated rings. The summed E-state index contributed by atoms with van der Waals surface area (Å²) >= 11 is 0. The Labute approximate surface area is 72.2 Å². The lowest BCUT2D eigenvalue weighted by Gasteiger charge is -2.04. The van der Waals surface area contributed by atoms with E-state index in [1.807, 2.05) is 0 Å². The van der Waals surface area contributed by atoms with Crippen molar-refractivity contribution in [2.45, 2.75) is 6.43 Å². The molecule has 1 aromatic rings. The third-order valence-electron chi connectivity index (χ3n) is 1.37. The van der Waals surface area contributed by atoms with Crippen LogP contribution in [0.25, 0.3) is 0 Å². The molecule has 0 spiro atoms. The second kappa shape index (κ2) is 3.23. The van der Waals surface area contributed by atoms with Crippen LogP contribution >= 0.6 is 0 Å². The Hall–Kier alpha value is -1.90. The molecule has 1 heterocycles. The molecule has 6 heteroatoms. The molecule has 13 heavy (non-hydrogen) atoms. The monoisotopic (exact) mass is 185 g/mol. The van der Waals surface area contributed by atoms with Crippen LogP contribution in [0.5, 0.6) is 5.75 Å². The maximum atomic E-state index is 12.1. The average molecular weight is 185 g/mol. The molecule has 0 bridgehead atoms. The molecule has 0 aliphatic rings. The Bertz CT molecular complexity index is 373. The van der Waals surface area contributed by atoms with E-state index in [9.17, 15) is 8.78 Å². The lowest BCUT2D eigenvalue weighted by atomic mass is 10.2. The molecule has 0 aromatic carbocycles. The Morgan fingerprint density at radius 3 is 2.69 bits per heavy atom. The summed E-state index contributed by atoms with van der Waals surface area (Å²) in [6, 6.07) is 2.58. The molecule has 0 atom stereocenters. The second-order valence-electron chi connectivity index (χ2n) is 2.24. The molecule has 0 saturated heterocycles. The van der Waals surface area contributed by atoms with Crippen LogP contribution in [0.3, 0.4) is 0 Å². The van der Waals surface area contributed by atoms with Crippen LogP contribution in [0, 0.1) is 11.3 Å². The normalized spacial score (nSPS) is 10.0. The summed E-state index contributed by atoms with van der Waals surface area (Å²) in [5.74, 6) is -0.769. The summed E-state index contributed by atoms with van der Waals surface area (Å²) in [4.78, 5) is 3.21. The maximum absolute atomic E-state index is 12.1. The molecule has 1 rings (SSSR count). The van der Waals surface area contributed by atoms with Crippen LogP contribution in [0.2, 0.25) is 0 Å². The van der Waals surface area contributed by atoms with Gasteiger partial charge in [0.25, 0.3) is 6.43 Å². The fourth-order valence-electron chi connectivity index (χ4n) is 0.788. The lowest BCUT2D eigenvalue weighted by Crippen LogP contribution is -1.98. The second-order valence-corrected chi connectivity index (χ2v) is 2.24. The number of aromatic nitrogens is 1. The third kappa shape index (κ3) is 1.64. The van der Waals surface area contributed by atoms with Crippen molar-refractivity contribution in [3.8, 4) is 11.8 Å². The molecule has 0 unspecified atom stereocenters. The predicted molar refractivity (Wildman–Crippen MR) is 40.0 cm³/mol. The number of nitrogen functional groups attached to an aromatic ring is 1. The Balaban J connectivity index is 3.35. The summed E-state index contributed by atoms with van der Waals surface area (Å²) in [6.07, 6.45) is -2.95. The summed E-state index contributed by atoms with van der Waals surface area (Å²) < 4.78 is 24.3. The molecular formula is C7H5F2N3O. The van der Waals surface area contributed by atoms with E-state index in [0.29, 0.717) is 0 Å². The van der Waals surface area contributed by atoms with Crippen LogP contribution in [0.15, 0.2) is 6.07 Å². The zero-order chi connectivity index (χ0) is 10.0. The Morgan fingerprint density at radius 2 is 2.23 bits per heavy atom. The fraction of sp³-hybridized carbons (Fsp3) is 0.143. The van der Waals surface area contributed by atoms with Gasteiger partial charge in [0.2, 0.25) is 0 Å². The van der Waals surface area contributed by atoms with Gasteiger partial charge in [0.15, 0.2) is 11.4 Å². The first-order chi connectivity index (χ1) is 6.06. The van der Waals surface area contributed by atoms with Gasteiger partial charge in [0.05, 0.1) is 5.69 Å². The van der Waals surface area contributed by atoms with Crippen LogP contribution in [0.1, 0.15) is 17.8 Å². The number of hydrogen-bond acceptors (Lipinski definition) is 4. The number of nitriles is 1. The fourth-order valence-corrected chi connectivity index (χ4v) is 0.788. The maximum Gasteiger partial charge on any atom is 0.284 e. The van der Waals surface area contributed by atoms with Gasteiger partial charge in [-0.1, -0.05) is 0 Å². The van der Waals surface area contributed by atoms with Gasteiger partial charge >= 0.3 is 0 Å². The van der Waals surface area contributed by atoms with Crippen molar-refractivity contribution in [3.05, 3.63) is 17.5 Å². The van der Waals surface area contributed by atoms with Crippen LogP contribution in [-0.2, 0) is 0 Å². The average Bonchev–Trinajstić information content (AvgIpc) is 2.09. The highest BCUT2D eigenvalue weighted by Gasteiger charge is 2.18. The van der Waals surface area contributed by atoms with E-state index >= 15 is 0 Å². The minimum Gasteiger partial charge on any atom is -0.504 e. The summed E-state index contributed by atoms with van der Waals surface area (Å²) in [5.41, 5.74) is 3.78. The number of nitrogens with zero attached hydrogens (tertiary/aromatic N) is 2. The van der Waals surface area contributed by atoms with Crippen LogP contribution < -0.4 is 5.73 Å². The Kier molecular flexibility index (Phi) is 2.28. The SMILES string of the molecule is N#Cc1cc(N)c(O)c(C(F)F)n1. The van der Waals surface area contributed by atoms with E-state index in [-0.39, 0.29) is 11.4 Å². The van der Waals surface area contributed by atoms with Gasteiger partial charge in [-0.3, -0.25) is 0 Å². The topological polar surface area (TPSA) is 82.9 Å². The smallest absolute Gasteiger partial charge is 0.284 e. The minimum absolute atomic E-state index is 0.245. The number of alkyl halides is 2. The molecular weight excluding hydrogens is 180 g/mol. The highest BCUT2D eigenvalue weighted by molar-refractivity contribution is 5.56. The highest BCUT2D eigenvalue weighted by Crippen LogP contribution is 2.31. The Morgan fingerprint density at radius 1 is 1.62 bits per heavy atom. The number of nitrogens with two attached hydrogens (primary N) is 1. The highest BCUT2D eigenvalue weighted by atomic mass is 19.3. The first-order valence-corrected chi connectivity index (χ1v) is 3.24. The molecule has 0 radical (unpaired) electrons. The van der Waals surface area contributed by atoms with Crippen molar-refractivity contribution in [1.29, 1.82) is 5.26 Å². The van der Waals surface area contributed by atoms with Gasteiger partial charge in [-0.05, 0) is 0 Å². The van der Waals surface area contributed by atoms with E-state index in [1.54, 1.807) is 6.07 Å². The number of pyridine rings is 1. The third-order valence-corrected chi connectivity index (χ3v) is 1.37. The van der Waals surface area contributed by atoms with E-state index in [2.05, 4.69) is 4.98 Å². The van der Waals surface area contributed by atoms with Gasteiger partial charge in [-0.2, -0.15) is 5.26 Å². The minimum atomic E-state index is -2.95. The van der Waals surface area contributed by atoms with Crippen LogP contribution in [0.4, 0.5) is 14.5 Å². The molecule has 3 N–H and O–H groups in total. The standard InChI is InChI=1S/C7H5F2N3O/c8-7(9)5-6(13)4(11)1-3(2-10)12-5/h1,7,13H,(H2,11,12). The lowest BCUT2D eigenvalue weighted by molar-refractivity contribution is 0.142. The van der Waals surface area contributed by atoms with Gasteiger partial charge in [-0.25, -0.2) is 13.8 Å². The van der Waals surface area contributed by atoms with Crippen molar-refractivity contribution in [1.82, 2.24) is 4.98 Å². The molecule has 1 aromatic heterocycles. The van der Waals surface area contributed by atoms with Gasteiger partial charge in [-0.15, -0.1) is 0 Å². The zero-order valence-electron chi connectivity index (χ0n) is 6.33. The van der Waals surface area contributed by atoms with E-state index in [1.165, 1.54) is 0 Å². The van der Waals surface area contributed by atoms with E-state index in [0.717, 1.165) is 6.07 Å². The van der Waals surface area contributed by atoms with Gasteiger partial charge < -0.3 is 10.8 Å². The summed E-state index contributed by atoms with van der Waals surface area (Å²) in [6.45, 7) is 0. The quantitative estimate of drug-likeness (QED) is 0.688. The largest absolute Gasteiger partial charge is 0.504 e. The molecule has 0 aliphatic heterocycles. The summed E-state index contributed by atoms with van der Waals surface area (Å²) in [7, 11) is 0. The van der Waals surface area contributed by atoms with E-state index < -0.39 is 17.9 Å². The molecule has 0 amide bonds. The predicted octanol–water partition coefficient (Wildman–Crippen LogP) is 1.18. The number of anilines is 1. The number of rotatable bonds is 1. The van der Waals surface area contributed by atoms with Crippen molar-refractivity contribution < 1.29 is 13.9 Å². The van der Waals surface area contributed by atoms with Gasteiger partial charge in [0, 0.05) is 6.07 Å². The van der Waals surface area contributed by atoms with Crippen LogP contribution in [-0.4, -0.2) is 10.1 Å².